The van der Waals surface area contributed by atoms with Gasteiger partial charge in [0.2, 0.25) is 0 Å². The molecule has 3 rings (SSSR count). The number of hydrogen-bond donors (Lipinski definition) is 3. The van der Waals surface area contributed by atoms with Crippen LogP contribution in [0.2, 0.25) is 4.34 Å². The second-order valence-corrected chi connectivity index (χ2v) is 8.01. The van der Waals surface area contributed by atoms with Crippen molar-refractivity contribution < 1.29 is 4.74 Å². The van der Waals surface area contributed by atoms with Gasteiger partial charge in [-0.2, -0.15) is 0 Å². The van der Waals surface area contributed by atoms with E-state index in [2.05, 4.69) is 18.3 Å². The van der Waals surface area contributed by atoms with E-state index in [1.807, 2.05) is 0 Å². The fraction of sp³-hybridized carbons (Fsp3) is 0.600. The molecule has 2 unspecified atom stereocenters. The zero-order chi connectivity index (χ0) is 15.9. The summed E-state index contributed by atoms with van der Waals surface area (Å²) in [5.41, 5.74) is 7.89. The third-order valence-electron chi connectivity index (χ3n) is 4.49. The summed E-state index contributed by atoms with van der Waals surface area (Å²) in [6.45, 7) is 3.78. The monoisotopic (exact) mass is 342 g/mol. The predicted molar refractivity (Wildman–Crippen MR) is 90.6 cm³/mol. The van der Waals surface area contributed by atoms with Gasteiger partial charge in [-0.05, 0) is 24.6 Å². The first-order valence-electron chi connectivity index (χ1n) is 7.53. The average Bonchev–Trinajstić information content (AvgIpc) is 2.87. The lowest BCUT2D eigenvalue weighted by atomic mass is 9.78. The molecule has 1 fully saturated rings. The maximum absolute atomic E-state index is 6.32. The molecular formula is C15H23ClN4OS. The number of piperidine rings is 1. The van der Waals surface area contributed by atoms with Crippen LogP contribution in [0.15, 0.2) is 18.0 Å². The molecular weight excluding hydrogens is 320 g/mol. The minimum absolute atomic E-state index is 0.0553. The van der Waals surface area contributed by atoms with E-state index in [-0.39, 0.29) is 11.6 Å². The zero-order valence-electron chi connectivity index (χ0n) is 12.9. The SMILES string of the molecule is CC1COC2(CCN[C@H](/C(N)=C/N(C)N)C2)c2cc(Cl)sc21. The summed E-state index contributed by atoms with van der Waals surface area (Å²) in [4.78, 5) is 1.36. The molecule has 22 heavy (non-hydrogen) atoms. The fourth-order valence-corrected chi connectivity index (χ4v) is 4.79. The number of hydrogen-bond acceptors (Lipinski definition) is 6. The number of nitrogens with two attached hydrogens (primary N) is 2. The quantitative estimate of drug-likeness (QED) is 0.566. The molecule has 1 aromatic heterocycles. The van der Waals surface area contributed by atoms with Crippen LogP contribution in [0.1, 0.15) is 36.1 Å². The van der Waals surface area contributed by atoms with Crippen LogP contribution in [-0.2, 0) is 10.3 Å². The first-order chi connectivity index (χ1) is 10.4. The molecule has 0 aliphatic carbocycles. The number of hydrazine groups is 1. The molecule has 122 valence electrons. The summed E-state index contributed by atoms with van der Waals surface area (Å²) in [6, 6.07) is 2.13. The Labute approximate surface area is 140 Å². The number of halogens is 1. The van der Waals surface area contributed by atoms with E-state index in [0.717, 1.165) is 36.0 Å². The van der Waals surface area contributed by atoms with Crippen LogP contribution in [0.25, 0.3) is 0 Å². The zero-order valence-corrected chi connectivity index (χ0v) is 14.5. The van der Waals surface area contributed by atoms with E-state index in [1.165, 1.54) is 15.4 Å². The molecule has 2 aliphatic rings. The lowest BCUT2D eigenvalue weighted by Crippen LogP contribution is -2.51. The summed E-state index contributed by atoms with van der Waals surface area (Å²) in [5.74, 6) is 6.07. The van der Waals surface area contributed by atoms with Gasteiger partial charge in [-0.25, -0.2) is 5.84 Å². The third kappa shape index (κ3) is 2.86. The molecule has 5 N–H and O–H groups in total. The number of thiophene rings is 1. The Kier molecular flexibility index (Phi) is 4.40. The number of nitrogens with zero attached hydrogens (tertiary/aromatic N) is 1. The summed E-state index contributed by atoms with van der Waals surface area (Å²) in [6.07, 6.45) is 3.49. The van der Waals surface area contributed by atoms with Gasteiger partial charge >= 0.3 is 0 Å². The van der Waals surface area contributed by atoms with E-state index in [0.29, 0.717) is 5.92 Å². The number of nitrogens with one attached hydrogen (secondary N) is 1. The van der Waals surface area contributed by atoms with Gasteiger partial charge < -0.3 is 20.8 Å². The average molecular weight is 343 g/mol. The summed E-state index contributed by atoms with van der Waals surface area (Å²) in [7, 11) is 1.76. The Balaban J connectivity index is 1.92. The van der Waals surface area contributed by atoms with E-state index in [9.17, 15) is 0 Å². The Hall–Kier alpha value is -0.790. The Bertz CT molecular complexity index is 588. The highest BCUT2D eigenvalue weighted by Crippen LogP contribution is 2.49. The van der Waals surface area contributed by atoms with Crippen molar-refractivity contribution in [1.82, 2.24) is 10.3 Å². The maximum Gasteiger partial charge on any atom is 0.0973 e. The lowest BCUT2D eigenvalue weighted by Gasteiger charge is -2.45. The van der Waals surface area contributed by atoms with Gasteiger partial charge in [0.05, 0.1) is 22.6 Å². The maximum atomic E-state index is 6.32. The second-order valence-electron chi connectivity index (χ2n) is 6.29. The fourth-order valence-electron chi connectivity index (χ4n) is 3.42. The van der Waals surface area contributed by atoms with Crippen molar-refractivity contribution in [3.63, 3.8) is 0 Å². The Morgan fingerprint density at radius 2 is 2.41 bits per heavy atom. The molecule has 5 nitrogen and oxygen atoms in total. The number of fused-ring (bicyclic) bond motifs is 2. The van der Waals surface area contributed by atoms with E-state index < -0.39 is 0 Å². The molecule has 2 aliphatic heterocycles. The van der Waals surface area contributed by atoms with Crippen molar-refractivity contribution >= 4 is 22.9 Å². The van der Waals surface area contributed by atoms with E-state index in [4.69, 9.17) is 27.9 Å². The molecule has 0 amide bonds. The van der Waals surface area contributed by atoms with Crippen molar-refractivity contribution in [3.05, 3.63) is 32.7 Å². The number of rotatable bonds is 2. The molecule has 1 spiro atoms. The van der Waals surface area contributed by atoms with Crippen molar-refractivity contribution in [3.8, 4) is 0 Å². The molecule has 1 saturated heterocycles. The first-order valence-corrected chi connectivity index (χ1v) is 8.72. The molecule has 0 bridgehead atoms. The molecule has 0 radical (unpaired) electrons. The molecule has 0 aromatic carbocycles. The molecule has 7 heteroatoms. The summed E-state index contributed by atoms with van der Waals surface area (Å²) < 4.78 is 7.16. The van der Waals surface area contributed by atoms with Gasteiger partial charge in [0.25, 0.3) is 0 Å². The molecule has 3 atom stereocenters. The molecule has 0 saturated carbocycles. The lowest BCUT2D eigenvalue weighted by molar-refractivity contribution is -0.0925. The van der Waals surface area contributed by atoms with Crippen molar-refractivity contribution in [2.24, 2.45) is 11.6 Å². The summed E-state index contributed by atoms with van der Waals surface area (Å²) >= 11 is 7.95. The van der Waals surface area contributed by atoms with Gasteiger partial charge in [0, 0.05) is 36.2 Å². The van der Waals surface area contributed by atoms with Crippen molar-refractivity contribution in [2.75, 3.05) is 20.2 Å². The highest BCUT2D eigenvalue weighted by atomic mass is 35.5. The number of ether oxygens (including phenoxy) is 1. The minimum Gasteiger partial charge on any atom is -0.400 e. The highest BCUT2D eigenvalue weighted by molar-refractivity contribution is 7.16. The molecule has 3 heterocycles. The highest BCUT2D eigenvalue weighted by Gasteiger charge is 2.45. The third-order valence-corrected chi connectivity index (χ3v) is 5.98. The standard InChI is InChI=1S/C15H23ClN4OS/c1-9-8-21-15(10-5-13(16)22-14(9)10)3-4-19-12(6-15)11(17)7-20(2)18/h5,7,9,12,19H,3-4,6,8,17-18H2,1-2H3/b11-7-/t9?,12-,15?/m0/s1. The van der Waals surface area contributed by atoms with Gasteiger partial charge in [0.15, 0.2) is 0 Å². The largest absolute Gasteiger partial charge is 0.400 e. The molecule has 1 aromatic rings. The van der Waals surface area contributed by atoms with Crippen LogP contribution in [0, 0.1) is 0 Å². The first kappa shape index (κ1) is 16.1. The van der Waals surface area contributed by atoms with Crippen molar-refractivity contribution in [2.45, 2.75) is 37.3 Å². The smallest absolute Gasteiger partial charge is 0.0973 e. The Morgan fingerprint density at radius 3 is 3.14 bits per heavy atom. The Morgan fingerprint density at radius 1 is 1.64 bits per heavy atom. The van der Waals surface area contributed by atoms with Gasteiger partial charge in [0.1, 0.15) is 0 Å². The van der Waals surface area contributed by atoms with Crippen molar-refractivity contribution in [1.29, 1.82) is 0 Å². The van der Waals surface area contributed by atoms with E-state index in [1.54, 1.807) is 24.6 Å². The normalized spacial score (nSPS) is 32.1. The second kappa shape index (κ2) is 6.02. The summed E-state index contributed by atoms with van der Waals surface area (Å²) in [5, 5.41) is 4.94. The predicted octanol–water partition coefficient (Wildman–Crippen LogP) is 2.09. The van der Waals surface area contributed by atoms with Crippen LogP contribution in [0.4, 0.5) is 0 Å². The van der Waals surface area contributed by atoms with Crippen LogP contribution in [0.5, 0.6) is 0 Å². The topological polar surface area (TPSA) is 76.5 Å². The van der Waals surface area contributed by atoms with Crippen LogP contribution >= 0.6 is 22.9 Å². The van der Waals surface area contributed by atoms with Gasteiger partial charge in [-0.15, -0.1) is 11.3 Å². The van der Waals surface area contributed by atoms with Crippen LogP contribution in [-0.4, -0.2) is 31.3 Å². The van der Waals surface area contributed by atoms with E-state index >= 15 is 0 Å². The van der Waals surface area contributed by atoms with Crippen LogP contribution in [0.3, 0.4) is 0 Å². The minimum atomic E-state index is -0.285. The van der Waals surface area contributed by atoms with Gasteiger partial charge in [-0.1, -0.05) is 18.5 Å². The van der Waals surface area contributed by atoms with Gasteiger partial charge in [-0.3, -0.25) is 0 Å². The van der Waals surface area contributed by atoms with Crippen LogP contribution < -0.4 is 16.9 Å².